The van der Waals surface area contributed by atoms with E-state index in [1.807, 2.05) is 17.0 Å². The minimum absolute atomic E-state index is 0.0153. The third-order valence-corrected chi connectivity index (χ3v) is 3.70. The van der Waals surface area contributed by atoms with Crippen LogP contribution in [0.4, 0.5) is 0 Å². The molecule has 1 amide bonds. The van der Waals surface area contributed by atoms with Crippen molar-refractivity contribution in [2.24, 2.45) is 0 Å². The molecule has 1 heterocycles. The zero-order chi connectivity index (χ0) is 14.8. The van der Waals surface area contributed by atoms with Gasteiger partial charge in [0.1, 0.15) is 0 Å². The largest absolute Gasteiger partial charge is 0.389 e. The number of benzene rings is 1. The lowest BCUT2D eigenvalue weighted by Gasteiger charge is -2.37. The number of β-amino-alcohol motifs (C(OH)–C–C–N with tert-alkyl or cyclic N) is 1. The van der Waals surface area contributed by atoms with Crippen LogP contribution >= 0.6 is 11.6 Å². The van der Waals surface area contributed by atoms with E-state index >= 15 is 0 Å². The van der Waals surface area contributed by atoms with Crippen molar-refractivity contribution in [3.05, 3.63) is 34.9 Å². The van der Waals surface area contributed by atoms with Crippen molar-refractivity contribution >= 4 is 17.5 Å². The first-order valence-corrected chi connectivity index (χ1v) is 7.23. The number of carbonyl (C=O) groups is 1. The smallest absolute Gasteiger partial charge is 0.255 e. The van der Waals surface area contributed by atoms with E-state index in [2.05, 4.69) is 4.90 Å². The van der Waals surface area contributed by atoms with E-state index < -0.39 is 5.60 Å². The van der Waals surface area contributed by atoms with Crippen LogP contribution in [0.1, 0.15) is 24.2 Å². The van der Waals surface area contributed by atoms with Crippen LogP contribution in [0.5, 0.6) is 0 Å². The number of rotatable bonds is 3. The zero-order valence-electron chi connectivity index (χ0n) is 12.0. The minimum atomic E-state index is -0.699. The van der Waals surface area contributed by atoms with E-state index in [0.717, 1.165) is 13.1 Å². The second-order valence-corrected chi connectivity index (χ2v) is 6.27. The van der Waals surface area contributed by atoms with Gasteiger partial charge in [0.2, 0.25) is 0 Å². The van der Waals surface area contributed by atoms with Gasteiger partial charge < -0.3 is 10.0 Å². The summed E-state index contributed by atoms with van der Waals surface area (Å²) in [4.78, 5) is 16.4. The number of halogens is 1. The minimum Gasteiger partial charge on any atom is -0.389 e. The van der Waals surface area contributed by atoms with Gasteiger partial charge >= 0.3 is 0 Å². The molecule has 1 aromatic carbocycles. The van der Waals surface area contributed by atoms with E-state index in [-0.39, 0.29) is 5.91 Å². The predicted octanol–water partition coefficient (Wildman–Crippen LogP) is 1.87. The fraction of sp³-hybridized carbons (Fsp3) is 0.533. The van der Waals surface area contributed by atoms with E-state index in [1.54, 1.807) is 26.0 Å². The van der Waals surface area contributed by atoms with E-state index in [0.29, 0.717) is 30.2 Å². The van der Waals surface area contributed by atoms with E-state index in [4.69, 9.17) is 11.6 Å². The summed E-state index contributed by atoms with van der Waals surface area (Å²) >= 11 is 6.06. The number of amides is 1. The highest BCUT2D eigenvalue weighted by atomic mass is 35.5. The average Bonchev–Trinajstić information content (AvgIpc) is 2.37. The summed E-state index contributed by atoms with van der Waals surface area (Å²) in [6, 6.07) is 7.14. The summed E-state index contributed by atoms with van der Waals surface area (Å²) in [5, 5.41) is 10.3. The van der Waals surface area contributed by atoms with Crippen LogP contribution < -0.4 is 0 Å². The van der Waals surface area contributed by atoms with Crippen LogP contribution in [-0.4, -0.2) is 59.1 Å². The summed E-state index contributed by atoms with van der Waals surface area (Å²) in [6.07, 6.45) is 0. The fourth-order valence-corrected chi connectivity index (χ4v) is 2.68. The molecule has 1 aromatic rings. The average molecular weight is 297 g/mol. The highest BCUT2D eigenvalue weighted by molar-refractivity contribution is 6.33. The van der Waals surface area contributed by atoms with Crippen molar-refractivity contribution < 1.29 is 9.90 Å². The van der Waals surface area contributed by atoms with Gasteiger partial charge in [-0.2, -0.15) is 0 Å². The zero-order valence-corrected chi connectivity index (χ0v) is 12.7. The second-order valence-electron chi connectivity index (χ2n) is 5.86. The maximum absolute atomic E-state index is 12.4. The summed E-state index contributed by atoms with van der Waals surface area (Å²) in [5.74, 6) is -0.0153. The second kappa shape index (κ2) is 6.12. The summed E-state index contributed by atoms with van der Waals surface area (Å²) < 4.78 is 0. The first kappa shape index (κ1) is 15.3. The fourth-order valence-electron chi connectivity index (χ4n) is 2.46. The number of piperazine rings is 1. The Kier molecular flexibility index (Phi) is 4.68. The van der Waals surface area contributed by atoms with Gasteiger partial charge in [0.15, 0.2) is 0 Å². The van der Waals surface area contributed by atoms with Crippen molar-refractivity contribution in [1.82, 2.24) is 9.80 Å². The number of hydrogen-bond donors (Lipinski definition) is 1. The van der Waals surface area contributed by atoms with Crippen LogP contribution in [0.25, 0.3) is 0 Å². The Morgan fingerprint density at radius 1 is 1.25 bits per heavy atom. The molecule has 110 valence electrons. The summed E-state index contributed by atoms with van der Waals surface area (Å²) in [5.41, 5.74) is -0.139. The van der Waals surface area contributed by atoms with Gasteiger partial charge in [0.25, 0.3) is 5.91 Å². The van der Waals surface area contributed by atoms with Gasteiger partial charge in [-0.05, 0) is 26.0 Å². The SMILES string of the molecule is CC(C)(O)CN1CCN(C(=O)c2ccccc2Cl)CC1. The van der Waals surface area contributed by atoms with Crippen LogP contribution in [0.3, 0.4) is 0 Å². The molecule has 4 nitrogen and oxygen atoms in total. The molecule has 0 saturated carbocycles. The van der Waals surface area contributed by atoms with Gasteiger partial charge in [-0.1, -0.05) is 23.7 Å². The molecule has 1 fully saturated rings. The van der Waals surface area contributed by atoms with E-state index in [1.165, 1.54) is 0 Å². The lowest BCUT2D eigenvalue weighted by atomic mass is 10.1. The first-order chi connectivity index (χ1) is 9.37. The Hall–Kier alpha value is -1.10. The third-order valence-electron chi connectivity index (χ3n) is 3.37. The summed E-state index contributed by atoms with van der Waals surface area (Å²) in [6.45, 7) is 7.12. The Bertz CT molecular complexity index is 477. The molecule has 2 rings (SSSR count). The van der Waals surface area contributed by atoms with Crippen LogP contribution in [-0.2, 0) is 0 Å². The third kappa shape index (κ3) is 3.95. The van der Waals surface area contributed by atoms with Crippen LogP contribution in [0.2, 0.25) is 5.02 Å². The molecule has 5 heteroatoms. The van der Waals surface area contributed by atoms with Crippen LogP contribution in [0.15, 0.2) is 24.3 Å². The number of hydrogen-bond acceptors (Lipinski definition) is 3. The molecule has 20 heavy (non-hydrogen) atoms. The van der Waals surface area contributed by atoms with Crippen molar-refractivity contribution in [3.63, 3.8) is 0 Å². The molecule has 1 saturated heterocycles. The highest BCUT2D eigenvalue weighted by Crippen LogP contribution is 2.18. The number of nitrogens with zero attached hydrogens (tertiary/aromatic N) is 2. The molecular formula is C15H21ClN2O2. The first-order valence-electron chi connectivity index (χ1n) is 6.85. The molecule has 0 spiro atoms. The molecule has 0 aromatic heterocycles. The van der Waals surface area contributed by atoms with Crippen LogP contribution in [0, 0.1) is 0 Å². The van der Waals surface area contributed by atoms with Gasteiger partial charge in [-0.3, -0.25) is 9.69 Å². The van der Waals surface area contributed by atoms with Crippen molar-refractivity contribution in [2.75, 3.05) is 32.7 Å². The van der Waals surface area contributed by atoms with Gasteiger partial charge in [0, 0.05) is 32.7 Å². The molecule has 1 aliphatic heterocycles. The maximum atomic E-state index is 12.4. The lowest BCUT2D eigenvalue weighted by molar-refractivity contribution is 0.0178. The normalized spacial score (nSPS) is 17.3. The quantitative estimate of drug-likeness (QED) is 0.926. The lowest BCUT2D eigenvalue weighted by Crippen LogP contribution is -2.52. The molecule has 0 atom stereocenters. The molecule has 0 aliphatic carbocycles. The molecular weight excluding hydrogens is 276 g/mol. The number of carbonyl (C=O) groups excluding carboxylic acids is 1. The Balaban J connectivity index is 1.94. The van der Waals surface area contributed by atoms with Crippen molar-refractivity contribution in [1.29, 1.82) is 0 Å². The standard InChI is InChI=1S/C15H21ClN2O2/c1-15(2,20)11-17-7-9-18(10-8-17)14(19)12-5-3-4-6-13(12)16/h3-6,20H,7-11H2,1-2H3. The van der Waals surface area contributed by atoms with Crippen molar-refractivity contribution in [3.8, 4) is 0 Å². The van der Waals surface area contributed by atoms with E-state index in [9.17, 15) is 9.90 Å². The topological polar surface area (TPSA) is 43.8 Å². The maximum Gasteiger partial charge on any atom is 0.255 e. The molecule has 0 unspecified atom stereocenters. The molecule has 1 N–H and O–H groups in total. The van der Waals surface area contributed by atoms with Gasteiger partial charge in [-0.15, -0.1) is 0 Å². The predicted molar refractivity (Wildman–Crippen MR) is 80.1 cm³/mol. The number of aliphatic hydroxyl groups is 1. The Morgan fingerprint density at radius 3 is 2.40 bits per heavy atom. The summed E-state index contributed by atoms with van der Waals surface area (Å²) in [7, 11) is 0. The Morgan fingerprint density at radius 2 is 1.85 bits per heavy atom. The molecule has 0 bridgehead atoms. The van der Waals surface area contributed by atoms with Crippen molar-refractivity contribution in [2.45, 2.75) is 19.4 Å². The molecule has 0 radical (unpaired) electrons. The highest BCUT2D eigenvalue weighted by Gasteiger charge is 2.26. The Labute approximate surface area is 124 Å². The molecule has 1 aliphatic rings. The monoisotopic (exact) mass is 296 g/mol. The van der Waals surface area contributed by atoms with Gasteiger partial charge in [-0.25, -0.2) is 0 Å². The van der Waals surface area contributed by atoms with Gasteiger partial charge in [0.05, 0.1) is 16.2 Å².